The maximum absolute atomic E-state index is 14.6. The van der Waals surface area contributed by atoms with E-state index in [1.807, 2.05) is 58.2 Å². The Bertz CT molecular complexity index is 2010. The van der Waals surface area contributed by atoms with E-state index in [1.54, 1.807) is 0 Å². The second kappa shape index (κ2) is 8.73. The topological polar surface area (TPSA) is 74.3 Å². The smallest absolute Gasteiger partial charge is 0.828 e. The number of fused-ring (bicyclic) bond motifs is 8. The lowest BCUT2D eigenvalue weighted by Crippen LogP contribution is -2.95. The van der Waals surface area contributed by atoms with Crippen molar-refractivity contribution in [3.05, 3.63) is 48.5 Å². The second-order valence-corrected chi connectivity index (χ2v) is 14.8. The summed E-state index contributed by atoms with van der Waals surface area (Å²) >= 11 is 0. The molecule has 17 heteroatoms. The highest BCUT2D eigenvalue weighted by atomic mass is 32.2. The average Bonchev–Trinajstić information content (AvgIpc) is 3.45. The summed E-state index contributed by atoms with van der Waals surface area (Å²) in [7, 11) is -6.11. The molecule has 2 bridgehead atoms. The van der Waals surface area contributed by atoms with Gasteiger partial charge in [-0.2, -0.15) is 21.6 Å². The summed E-state index contributed by atoms with van der Waals surface area (Å²) in [6, 6.07) is 15.6. The molecule has 3 aromatic carbocycles. The van der Waals surface area contributed by atoms with Crippen LogP contribution in [0.25, 0.3) is 21.5 Å². The Labute approximate surface area is 263 Å². The maximum Gasteiger partial charge on any atom is 0.828 e. The van der Waals surface area contributed by atoms with Crippen LogP contribution in [0, 0.1) is 0 Å². The van der Waals surface area contributed by atoms with Gasteiger partial charge < -0.3 is 22.6 Å². The van der Waals surface area contributed by atoms with E-state index in [-0.39, 0.29) is 0 Å². The third-order valence-electron chi connectivity index (χ3n) is 11.0. The lowest BCUT2D eigenvalue weighted by molar-refractivity contribution is -0.605. The number of hydrogen-bond donors (Lipinski definition) is 0. The van der Waals surface area contributed by atoms with Gasteiger partial charge in [-0.3, -0.25) is 18.8 Å². The van der Waals surface area contributed by atoms with Gasteiger partial charge in [0.1, 0.15) is 0 Å². The van der Waals surface area contributed by atoms with E-state index in [0.29, 0.717) is 88.6 Å². The third-order valence-corrected chi connectivity index (χ3v) is 12.1. The molecule has 0 amide bonds. The fourth-order valence-corrected chi connectivity index (χ4v) is 10.3. The molecule has 0 spiro atoms. The predicted octanol–water partition coefficient (Wildman–Crippen LogP) is 2.98. The number of nitrogens with zero attached hydrogens (tertiary/aromatic N) is 6. The molecule has 0 saturated carbocycles. The molecule has 10 rings (SSSR count). The summed E-state index contributed by atoms with van der Waals surface area (Å²) < 4.78 is 91.7. The second-order valence-electron chi connectivity index (χ2n) is 13.3. The van der Waals surface area contributed by atoms with E-state index in [2.05, 4.69) is 23.0 Å². The quantitative estimate of drug-likeness (QED) is 0.181. The summed E-state index contributed by atoms with van der Waals surface area (Å²) in [4.78, 5) is 7.99. The van der Waals surface area contributed by atoms with E-state index < -0.39 is 29.3 Å². The zero-order chi connectivity index (χ0) is 31.2. The summed E-state index contributed by atoms with van der Waals surface area (Å²) in [5.41, 5.74) is -5.64. The van der Waals surface area contributed by atoms with Crippen molar-refractivity contribution in [1.82, 2.24) is 19.4 Å². The Morgan fingerprint density at radius 2 is 1.24 bits per heavy atom. The predicted molar refractivity (Wildman–Crippen MR) is 165 cm³/mol. The molecule has 11 nitrogen and oxygen atoms in total. The minimum Gasteiger partial charge on any atom is -0.881 e. The van der Waals surface area contributed by atoms with E-state index in [9.17, 15) is 21.6 Å². The van der Waals surface area contributed by atoms with Gasteiger partial charge in [-0.15, -0.1) is 0 Å². The van der Waals surface area contributed by atoms with Crippen LogP contribution in [-0.2, 0) is 18.4 Å². The van der Waals surface area contributed by atoms with Crippen LogP contribution in [0.15, 0.2) is 48.5 Å². The highest BCUT2D eigenvalue weighted by molar-refractivity contribution is 7.88. The summed E-state index contributed by atoms with van der Waals surface area (Å²) in [6.07, 6.45) is 2.89. The van der Waals surface area contributed by atoms with Crippen molar-refractivity contribution in [1.29, 1.82) is 0 Å². The number of hydrogen-bond acceptors (Lipinski definition) is 8. The number of halogens is 3. The minimum absolute atomic E-state index is 0.315. The summed E-state index contributed by atoms with van der Waals surface area (Å²) in [6.45, 7) is -1.35. The maximum atomic E-state index is 14.6. The van der Waals surface area contributed by atoms with Crippen LogP contribution in [-0.4, -0.2) is 120 Å². The van der Waals surface area contributed by atoms with Gasteiger partial charge in [0.25, 0.3) is 11.9 Å². The van der Waals surface area contributed by atoms with Crippen molar-refractivity contribution >= 4 is 57.2 Å². The first kappa shape index (κ1) is 27.3. The molecule has 46 heavy (non-hydrogen) atoms. The van der Waals surface area contributed by atoms with Gasteiger partial charge in [-0.05, 0) is 16.8 Å². The van der Waals surface area contributed by atoms with Crippen molar-refractivity contribution in [3.63, 3.8) is 0 Å². The number of alkyl halides is 3. The van der Waals surface area contributed by atoms with E-state index in [1.165, 1.54) is 0 Å². The van der Waals surface area contributed by atoms with Gasteiger partial charge in [-0.1, -0.05) is 42.5 Å². The zero-order valence-corrected chi connectivity index (χ0v) is 25.8. The Morgan fingerprint density at radius 3 is 1.80 bits per heavy atom. The normalized spacial score (nSPS) is 28.4. The molecule has 0 radical (unpaired) electrons. The molecule has 2 fully saturated rings. The average molecular weight is 655 g/mol. The van der Waals surface area contributed by atoms with E-state index >= 15 is 0 Å². The Kier molecular flexibility index (Phi) is 5.18. The van der Waals surface area contributed by atoms with Crippen molar-refractivity contribution in [2.75, 3.05) is 52.4 Å². The summed E-state index contributed by atoms with van der Waals surface area (Å²) in [5.74, 6) is 2.37. The molecule has 2 saturated heterocycles. The molecular formula is C29H32B2F3N6O5S+. The molecule has 7 heterocycles. The van der Waals surface area contributed by atoms with Crippen molar-refractivity contribution in [2.24, 2.45) is 0 Å². The molecular weight excluding hydrogens is 623 g/mol. The molecule has 7 aliphatic rings. The van der Waals surface area contributed by atoms with E-state index in [0.717, 1.165) is 34.4 Å². The number of rotatable bonds is 2. The van der Waals surface area contributed by atoms with Crippen LogP contribution in [0.2, 0.25) is 0 Å². The first-order valence-corrected chi connectivity index (χ1v) is 17.6. The van der Waals surface area contributed by atoms with Gasteiger partial charge in [0.05, 0.1) is 31.6 Å². The Hall–Kier alpha value is -3.85. The largest absolute Gasteiger partial charge is 0.881 e. The Balaban J connectivity index is 1.42. The van der Waals surface area contributed by atoms with Crippen molar-refractivity contribution < 1.29 is 43.5 Å². The van der Waals surface area contributed by atoms with Crippen LogP contribution >= 0.6 is 0 Å². The van der Waals surface area contributed by atoms with Crippen molar-refractivity contribution in [3.8, 4) is 11.5 Å². The number of benzene rings is 3. The molecule has 0 aromatic heterocycles. The van der Waals surface area contributed by atoms with Gasteiger partial charge in [-0.25, -0.2) is 0 Å². The molecule has 0 atom stereocenters. The zero-order valence-electron chi connectivity index (χ0n) is 25.0. The minimum atomic E-state index is -6.11. The van der Waals surface area contributed by atoms with Crippen molar-refractivity contribution in [2.45, 2.75) is 31.2 Å². The standard InChI is InChI=1S/C29H32B2F3N6O5S/c32-29(33,34)46(41,42)44-31-39-19-7-15-35-13-5-17-37(27(35)39)30(38-18-6-14-36-16-8-20-40(31)28(36)38)43-25-23-11-3-1-9-21(23)22-10-2-4-12-24(22)26(25)45(30)31/h1-4,9-12H,5-8,13-20H2/q+1. The fourth-order valence-electron chi connectivity index (χ4n) is 9.59. The first-order valence-electron chi connectivity index (χ1n) is 16.2. The first-order chi connectivity index (χ1) is 22.2. The third kappa shape index (κ3) is 3.05. The SMILES string of the molecule is O=S(=O)(O[B-]12N3CCCN4CCC[N+](=C43)[B-]3(Oc4c(c5ccccc5c5ccccc45)[O+]13)[N+]1=C3N(CCCN32)CCC1)C(F)(F)F. The van der Waals surface area contributed by atoms with Crippen LogP contribution in [0.4, 0.5) is 13.2 Å². The molecule has 3 aromatic rings. The molecule has 240 valence electrons. The van der Waals surface area contributed by atoms with Crippen LogP contribution in [0.5, 0.6) is 11.5 Å². The highest BCUT2D eigenvalue weighted by Crippen LogP contribution is 2.63. The summed E-state index contributed by atoms with van der Waals surface area (Å²) in [5, 5.41) is 3.38. The van der Waals surface area contributed by atoms with Gasteiger partial charge in [0, 0.05) is 57.2 Å². The molecule has 0 N–H and O–H groups in total. The molecule has 0 unspecified atom stereocenters. The van der Waals surface area contributed by atoms with Gasteiger partial charge in [0.2, 0.25) is 0 Å². The highest BCUT2D eigenvalue weighted by Gasteiger charge is 2.87. The monoisotopic (exact) mass is 655 g/mol. The lowest BCUT2D eigenvalue weighted by Gasteiger charge is -2.69. The van der Waals surface area contributed by atoms with Gasteiger partial charge >= 0.3 is 29.3 Å². The van der Waals surface area contributed by atoms with Crippen LogP contribution in [0.3, 0.4) is 0 Å². The number of guanidine groups is 2. The van der Waals surface area contributed by atoms with Crippen LogP contribution < -0.4 is 4.65 Å². The fraction of sp³-hybridized carbons (Fsp3) is 0.448. The Morgan fingerprint density at radius 1 is 0.739 bits per heavy atom. The van der Waals surface area contributed by atoms with E-state index in [4.69, 9.17) is 8.75 Å². The molecule has 7 aliphatic heterocycles. The van der Waals surface area contributed by atoms with Gasteiger partial charge in [0.15, 0.2) is 11.5 Å². The molecule has 0 aliphatic carbocycles. The lowest BCUT2D eigenvalue weighted by atomic mass is 9.65. The van der Waals surface area contributed by atoms with Crippen LogP contribution in [0.1, 0.15) is 25.7 Å².